The number of piperidine rings is 1. The number of anilines is 1. The summed E-state index contributed by atoms with van der Waals surface area (Å²) in [4.78, 5) is 42.7. The third-order valence-electron chi connectivity index (χ3n) is 5.50. The normalized spacial score (nSPS) is 18.1. The fourth-order valence-electron chi connectivity index (χ4n) is 3.90. The summed E-state index contributed by atoms with van der Waals surface area (Å²) in [5.74, 6) is -0.178. The van der Waals surface area contributed by atoms with Gasteiger partial charge in [0.15, 0.2) is 0 Å². The molecule has 0 saturated carbocycles. The van der Waals surface area contributed by atoms with Crippen LogP contribution in [0.5, 0.6) is 0 Å². The Morgan fingerprint density at radius 1 is 0.929 bits per heavy atom. The van der Waals surface area contributed by atoms with E-state index in [1.807, 2.05) is 54.3 Å². The molecule has 2 fully saturated rings. The molecule has 2 aromatic carbocycles. The SMILES string of the molecule is Cc1ccc(C(=O)N2CCC(N3CC(=O)N(c4ccccc4)C3=O)CC2)cc1. The van der Waals surface area contributed by atoms with E-state index in [1.165, 1.54) is 4.90 Å². The van der Waals surface area contributed by atoms with Crippen LogP contribution >= 0.6 is 0 Å². The summed E-state index contributed by atoms with van der Waals surface area (Å²) in [6.07, 6.45) is 1.36. The van der Waals surface area contributed by atoms with Gasteiger partial charge >= 0.3 is 6.03 Å². The molecule has 0 aliphatic carbocycles. The minimum Gasteiger partial charge on any atom is -0.338 e. The van der Waals surface area contributed by atoms with Crippen LogP contribution in [0.4, 0.5) is 10.5 Å². The number of likely N-dealkylation sites (tertiary alicyclic amines) is 1. The van der Waals surface area contributed by atoms with E-state index < -0.39 is 0 Å². The Balaban J connectivity index is 1.40. The van der Waals surface area contributed by atoms with Gasteiger partial charge in [-0.25, -0.2) is 9.69 Å². The summed E-state index contributed by atoms with van der Waals surface area (Å²) in [6.45, 7) is 3.26. The number of hydrogen-bond acceptors (Lipinski definition) is 3. The number of rotatable bonds is 3. The molecular formula is C22H23N3O3. The number of carbonyl (C=O) groups excluding carboxylic acids is 3. The Bertz CT molecular complexity index is 887. The average molecular weight is 377 g/mol. The van der Waals surface area contributed by atoms with E-state index in [9.17, 15) is 14.4 Å². The molecule has 0 spiro atoms. The Kier molecular flexibility index (Phi) is 4.86. The maximum Gasteiger partial charge on any atom is 0.332 e. The van der Waals surface area contributed by atoms with E-state index in [0.29, 0.717) is 37.2 Å². The average Bonchev–Trinajstić information content (AvgIpc) is 3.03. The van der Waals surface area contributed by atoms with Crippen molar-refractivity contribution < 1.29 is 14.4 Å². The maximum absolute atomic E-state index is 12.8. The molecule has 2 aromatic rings. The Labute approximate surface area is 164 Å². The van der Waals surface area contributed by atoms with Gasteiger partial charge in [0.05, 0.1) is 5.69 Å². The molecule has 144 valence electrons. The lowest BCUT2D eigenvalue weighted by molar-refractivity contribution is -0.116. The van der Waals surface area contributed by atoms with Gasteiger partial charge in [-0.1, -0.05) is 35.9 Å². The number of para-hydroxylation sites is 1. The number of aryl methyl sites for hydroxylation is 1. The van der Waals surface area contributed by atoms with Gasteiger partial charge in [-0.05, 0) is 44.0 Å². The second-order valence-electron chi connectivity index (χ2n) is 7.36. The van der Waals surface area contributed by atoms with E-state index >= 15 is 0 Å². The number of carbonyl (C=O) groups is 3. The van der Waals surface area contributed by atoms with Crippen molar-refractivity contribution in [3.8, 4) is 0 Å². The summed E-state index contributed by atoms with van der Waals surface area (Å²) in [6, 6.07) is 16.3. The molecule has 2 saturated heterocycles. The molecule has 0 unspecified atom stereocenters. The third kappa shape index (κ3) is 3.38. The quantitative estimate of drug-likeness (QED) is 0.773. The van der Waals surface area contributed by atoms with Crippen molar-refractivity contribution in [3.05, 3.63) is 65.7 Å². The van der Waals surface area contributed by atoms with Crippen LogP contribution in [0.2, 0.25) is 0 Å². The summed E-state index contributed by atoms with van der Waals surface area (Å²) >= 11 is 0. The summed E-state index contributed by atoms with van der Waals surface area (Å²) in [5, 5.41) is 0. The van der Waals surface area contributed by atoms with Crippen LogP contribution in [0, 0.1) is 6.92 Å². The molecule has 0 N–H and O–H groups in total. The number of benzene rings is 2. The van der Waals surface area contributed by atoms with Crippen molar-refractivity contribution in [1.29, 1.82) is 0 Å². The van der Waals surface area contributed by atoms with E-state index in [2.05, 4.69) is 0 Å². The number of urea groups is 1. The predicted octanol–water partition coefficient (Wildman–Crippen LogP) is 3.07. The molecule has 2 aliphatic heterocycles. The molecular weight excluding hydrogens is 354 g/mol. The van der Waals surface area contributed by atoms with Gasteiger partial charge in [0.1, 0.15) is 6.54 Å². The fraction of sp³-hybridized carbons (Fsp3) is 0.318. The van der Waals surface area contributed by atoms with Gasteiger partial charge in [-0.2, -0.15) is 0 Å². The number of amides is 4. The zero-order valence-corrected chi connectivity index (χ0v) is 15.9. The van der Waals surface area contributed by atoms with Crippen LogP contribution in [0.1, 0.15) is 28.8 Å². The van der Waals surface area contributed by atoms with Gasteiger partial charge in [-0.3, -0.25) is 9.59 Å². The lowest BCUT2D eigenvalue weighted by Gasteiger charge is -2.36. The number of hydrogen-bond donors (Lipinski definition) is 0. The van der Waals surface area contributed by atoms with Crippen molar-refractivity contribution >= 4 is 23.5 Å². The molecule has 2 aliphatic rings. The van der Waals surface area contributed by atoms with Gasteiger partial charge in [0.2, 0.25) is 0 Å². The first-order valence-electron chi connectivity index (χ1n) is 9.59. The Morgan fingerprint density at radius 3 is 2.21 bits per heavy atom. The van der Waals surface area contributed by atoms with Crippen molar-refractivity contribution in [3.63, 3.8) is 0 Å². The van der Waals surface area contributed by atoms with Crippen molar-refractivity contribution in [2.45, 2.75) is 25.8 Å². The molecule has 4 rings (SSSR count). The smallest absolute Gasteiger partial charge is 0.332 e. The summed E-state index contributed by atoms with van der Waals surface area (Å²) in [7, 11) is 0. The van der Waals surface area contributed by atoms with E-state index in [1.54, 1.807) is 17.0 Å². The van der Waals surface area contributed by atoms with Crippen molar-refractivity contribution in [2.75, 3.05) is 24.5 Å². The highest BCUT2D eigenvalue weighted by Gasteiger charge is 2.41. The zero-order chi connectivity index (χ0) is 19.7. The highest BCUT2D eigenvalue weighted by atomic mass is 16.2. The van der Waals surface area contributed by atoms with E-state index in [4.69, 9.17) is 0 Å². The van der Waals surface area contributed by atoms with Crippen LogP contribution in [0.3, 0.4) is 0 Å². The van der Waals surface area contributed by atoms with E-state index in [-0.39, 0.29) is 30.4 Å². The monoisotopic (exact) mass is 377 g/mol. The summed E-state index contributed by atoms with van der Waals surface area (Å²) < 4.78 is 0. The Hall–Kier alpha value is -3.15. The molecule has 0 radical (unpaired) electrons. The number of imide groups is 1. The standard InChI is InChI=1S/C22H23N3O3/c1-16-7-9-17(10-8-16)21(27)23-13-11-18(12-14-23)24-15-20(26)25(22(24)28)19-5-3-2-4-6-19/h2-10,18H,11-15H2,1H3. The largest absolute Gasteiger partial charge is 0.338 e. The van der Waals surface area contributed by atoms with Crippen LogP contribution in [-0.2, 0) is 4.79 Å². The van der Waals surface area contributed by atoms with Crippen LogP contribution < -0.4 is 4.90 Å². The zero-order valence-electron chi connectivity index (χ0n) is 15.9. The van der Waals surface area contributed by atoms with Crippen molar-refractivity contribution in [1.82, 2.24) is 9.80 Å². The first-order valence-corrected chi connectivity index (χ1v) is 9.59. The Morgan fingerprint density at radius 2 is 1.57 bits per heavy atom. The molecule has 28 heavy (non-hydrogen) atoms. The molecule has 4 amide bonds. The molecule has 0 atom stereocenters. The second kappa shape index (κ2) is 7.46. The third-order valence-corrected chi connectivity index (χ3v) is 5.50. The van der Waals surface area contributed by atoms with Gasteiger partial charge in [-0.15, -0.1) is 0 Å². The van der Waals surface area contributed by atoms with Gasteiger partial charge < -0.3 is 9.80 Å². The highest BCUT2D eigenvalue weighted by Crippen LogP contribution is 2.26. The second-order valence-corrected chi connectivity index (χ2v) is 7.36. The topological polar surface area (TPSA) is 60.9 Å². The molecule has 6 nitrogen and oxygen atoms in total. The molecule has 0 aromatic heterocycles. The minimum absolute atomic E-state index is 0.0211. The van der Waals surface area contributed by atoms with E-state index in [0.717, 1.165) is 5.56 Å². The van der Waals surface area contributed by atoms with Gasteiger partial charge in [0, 0.05) is 24.7 Å². The van der Waals surface area contributed by atoms with Crippen molar-refractivity contribution in [2.24, 2.45) is 0 Å². The van der Waals surface area contributed by atoms with Crippen LogP contribution in [-0.4, -0.2) is 53.3 Å². The lowest BCUT2D eigenvalue weighted by atomic mass is 10.0. The summed E-state index contributed by atoms with van der Waals surface area (Å²) in [5.41, 5.74) is 2.41. The fourth-order valence-corrected chi connectivity index (χ4v) is 3.90. The van der Waals surface area contributed by atoms with Crippen LogP contribution in [0.15, 0.2) is 54.6 Å². The maximum atomic E-state index is 12.8. The molecule has 2 heterocycles. The number of nitrogens with zero attached hydrogens (tertiary/aromatic N) is 3. The predicted molar refractivity (Wildman–Crippen MR) is 106 cm³/mol. The minimum atomic E-state index is -0.264. The first-order chi connectivity index (χ1) is 13.5. The highest BCUT2D eigenvalue weighted by molar-refractivity contribution is 6.19. The lowest BCUT2D eigenvalue weighted by Crippen LogP contribution is -2.48. The first kappa shape index (κ1) is 18.2. The molecule has 6 heteroatoms. The molecule has 0 bridgehead atoms. The van der Waals surface area contributed by atoms with Gasteiger partial charge in [0.25, 0.3) is 11.8 Å². The van der Waals surface area contributed by atoms with Crippen LogP contribution in [0.25, 0.3) is 0 Å².